The van der Waals surface area contributed by atoms with Crippen molar-refractivity contribution in [2.75, 3.05) is 0 Å². The van der Waals surface area contributed by atoms with Crippen molar-refractivity contribution in [2.45, 2.75) is 26.8 Å². The van der Waals surface area contributed by atoms with Gasteiger partial charge in [-0.1, -0.05) is 45.0 Å². The molecule has 0 aliphatic heterocycles. The molecule has 1 aromatic rings. The van der Waals surface area contributed by atoms with Crippen molar-refractivity contribution >= 4 is 11.6 Å². The Bertz CT molecular complexity index is 494. The Morgan fingerprint density at radius 2 is 1.56 bits per heavy atom. The van der Waals surface area contributed by atoms with Gasteiger partial charge < -0.3 is 0 Å². The van der Waals surface area contributed by atoms with Gasteiger partial charge in [-0.25, -0.2) is 5.53 Å². The van der Waals surface area contributed by atoms with E-state index in [-0.39, 0.29) is 17.0 Å². The summed E-state index contributed by atoms with van der Waals surface area (Å²) < 4.78 is 0. The van der Waals surface area contributed by atoms with Crippen molar-refractivity contribution in [3.63, 3.8) is 0 Å². The SMILES string of the molecule is CC(C)(C)C(N=N)C1C(=O)c2ccccc2C1=O. The van der Waals surface area contributed by atoms with E-state index in [4.69, 9.17) is 5.53 Å². The molecule has 18 heavy (non-hydrogen) atoms. The van der Waals surface area contributed by atoms with Crippen LogP contribution in [0.5, 0.6) is 0 Å². The van der Waals surface area contributed by atoms with E-state index < -0.39 is 12.0 Å². The molecule has 0 radical (unpaired) electrons. The van der Waals surface area contributed by atoms with Crippen LogP contribution in [-0.4, -0.2) is 17.6 Å². The summed E-state index contributed by atoms with van der Waals surface area (Å²) in [5.74, 6) is -1.24. The third kappa shape index (κ3) is 1.78. The average molecular weight is 244 g/mol. The molecule has 4 heteroatoms. The highest BCUT2D eigenvalue weighted by molar-refractivity contribution is 6.26. The number of nitrogens with one attached hydrogen (secondary N) is 1. The molecule has 0 saturated heterocycles. The van der Waals surface area contributed by atoms with Crippen LogP contribution in [-0.2, 0) is 0 Å². The number of carbonyl (C=O) groups excluding carboxylic acids is 2. The van der Waals surface area contributed by atoms with Gasteiger partial charge in [-0.05, 0) is 5.41 Å². The van der Waals surface area contributed by atoms with Gasteiger partial charge in [0.15, 0.2) is 11.6 Å². The first kappa shape index (κ1) is 12.6. The Hall–Kier alpha value is -1.84. The fraction of sp³-hybridized carbons (Fsp3) is 0.429. The van der Waals surface area contributed by atoms with E-state index in [0.29, 0.717) is 11.1 Å². The van der Waals surface area contributed by atoms with Crippen LogP contribution < -0.4 is 0 Å². The second kappa shape index (κ2) is 4.12. The topological polar surface area (TPSA) is 70.3 Å². The van der Waals surface area contributed by atoms with Crippen LogP contribution in [0.1, 0.15) is 41.5 Å². The van der Waals surface area contributed by atoms with Gasteiger partial charge in [-0.15, -0.1) is 0 Å². The van der Waals surface area contributed by atoms with E-state index in [0.717, 1.165) is 0 Å². The van der Waals surface area contributed by atoms with Gasteiger partial charge in [0.25, 0.3) is 0 Å². The summed E-state index contributed by atoms with van der Waals surface area (Å²) in [5.41, 5.74) is 7.83. The molecule has 4 nitrogen and oxygen atoms in total. The van der Waals surface area contributed by atoms with E-state index in [9.17, 15) is 9.59 Å². The molecule has 1 unspecified atom stereocenters. The van der Waals surface area contributed by atoms with E-state index in [1.54, 1.807) is 24.3 Å². The quantitative estimate of drug-likeness (QED) is 0.641. The Morgan fingerprint density at radius 3 is 1.89 bits per heavy atom. The lowest BCUT2D eigenvalue weighted by Gasteiger charge is -2.28. The number of fused-ring (bicyclic) bond motifs is 1. The van der Waals surface area contributed by atoms with Crippen molar-refractivity contribution in [1.82, 2.24) is 0 Å². The van der Waals surface area contributed by atoms with Gasteiger partial charge in [-0.2, -0.15) is 5.11 Å². The lowest BCUT2D eigenvalue weighted by molar-refractivity contribution is 0.0760. The molecule has 1 aliphatic carbocycles. The second-order valence-electron chi connectivity index (χ2n) is 5.69. The largest absolute Gasteiger partial charge is 0.293 e. The molecule has 2 rings (SSSR count). The molecule has 1 N–H and O–H groups in total. The van der Waals surface area contributed by atoms with E-state index >= 15 is 0 Å². The van der Waals surface area contributed by atoms with Crippen LogP contribution in [0, 0.1) is 16.9 Å². The third-order valence-electron chi connectivity index (χ3n) is 3.37. The minimum atomic E-state index is -0.833. The van der Waals surface area contributed by atoms with Crippen molar-refractivity contribution in [3.05, 3.63) is 35.4 Å². The molecule has 0 bridgehead atoms. The molecule has 0 aromatic heterocycles. The lowest BCUT2D eigenvalue weighted by Crippen LogP contribution is -2.38. The van der Waals surface area contributed by atoms with Gasteiger partial charge in [0.2, 0.25) is 0 Å². The Morgan fingerprint density at radius 1 is 1.11 bits per heavy atom. The summed E-state index contributed by atoms with van der Waals surface area (Å²) in [6, 6.07) is 6.22. The zero-order valence-electron chi connectivity index (χ0n) is 10.7. The number of carbonyl (C=O) groups is 2. The minimum Gasteiger partial charge on any atom is -0.293 e. The molecule has 0 amide bonds. The van der Waals surface area contributed by atoms with Gasteiger partial charge in [0.05, 0.1) is 6.04 Å². The zero-order valence-corrected chi connectivity index (χ0v) is 10.7. The second-order valence-corrected chi connectivity index (χ2v) is 5.69. The van der Waals surface area contributed by atoms with Gasteiger partial charge in [0.1, 0.15) is 5.92 Å². The fourth-order valence-corrected chi connectivity index (χ4v) is 2.42. The average Bonchev–Trinajstić information content (AvgIpc) is 2.54. The molecule has 94 valence electrons. The Kier molecular flexibility index (Phi) is 2.89. The van der Waals surface area contributed by atoms with Gasteiger partial charge in [-0.3, -0.25) is 9.59 Å². The molecule has 0 fully saturated rings. The summed E-state index contributed by atoms with van der Waals surface area (Å²) in [6.07, 6.45) is 0. The highest BCUT2D eigenvalue weighted by Gasteiger charge is 2.47. The summed E-state index contributed by atoms with van der Waals surface area (Å²) >= 11 is 0. The molecule has 1 atom stereocenters. The molecular formula is C14H16N2O2. The standard InChI is InChI=1S/C14H16N2O2/c1-14(2,3)13(16-15)10-11(17)8-6-4-5-7-9(8)12(10)18/h4-7,10,13,15H,1-3H3. The van der Waals surface area contributed by atoms with Crippen molar-refractivity contribution in [2.24, 2.45) is 16.4 Å². The zero-order chi connectivity index (χ0) is 13.5. The maximum absolute atomic E-state index is 12.3. The minimum absolute atomic E-state index is 0.202. The van der Waals surface area contributed by atoms with Crippen molar-refractivity contribution in [1.29, 1.82) is 5.53 Å². The number of Topliss-reactive ketones (excluding diaryl/α,β-unsaturated/α-hetero) is 2. The summed E-state index contributed by atoms with van der Waals surface area (Å²) in [6.45, 7) is 5.66. The maximum atomic E-state index is 12.3. The monoisotopic (exact) mass is 244 g/mol. The molecule has 1 aromatic carbocycles. The highest BCUT2D eigenvalue weighted by atomic mass is 16.2. The van der Waals surface area contributed by atoms with E-state index in [2.05, 4.69) is 5.11 Å². The number of hydrogen-bond donors (Lipinski definition) is 1. The summed E-state index contributed by atoms with van der Waals surface area (Å²) in [4.78, 5) is 24.6. The van der Waals surface area contributed by atoms with Crippen LogP contribution in [0.25, 0.3) is 0 Å². The first-order chi connectivity index (χ1) is 8.38. The van der Waals surface area contributed by atoms with Crippen LogP contribution in [0.2, 0.25) is 0 Å². The first-order valence-electron chi connectivity index (χ1n) is 5.92. The van der Waals surface area contributed by atoms with Crippen LogP contribution >= 0.6 is 0 Å². The lowest BCUT2D eigenvalue weighted by atomic mass is 9.77. The van der Waals surface area contributed by atoms with E-state index in [1.165, 1.54) is 0 Å². The number of hydrogen-bond acceptors (Lipinski definition) is 4. The normalized spacial score (nSPS) is 17.7. The van der Waals surface area contributed by atoms with Crippen LogP contribution in [0.4, 0.5) is 0 Å². The highest BCUT2D eigenvalue weighted by Crippen LogP contribution is 2.37. The number of benzene rings is 1. The third-order valence-corrected chi connectivity index (χ3v) is 3.37. The number of rotatable bonds is 2. The Balaban J connectivity index is 2.48. The Labute approximate surface area is 106 Å². The van der Waals surface area contributed by atoms with Crippen molar-refractivity contribution in [3.8, 4) is 0 Å². The number of nitrogens with zero attached hydrogens (tertiary/aromatic N) is 1. The first-order valence-corrected chi connectivity index (χ1v) is 5.92. The summed E-state index contributed by atoms with van der Waals surface area (Å²) in [7, 11) is 0. The summed E-state index contributed by atoms with van der Waals surface area (Å²) in [5, 5.41) is 3.53. The molecule has 0 heterocycles. The molecule has 0 saturated carbocycles. The van der Waals surface area contributed by atoms with E-state index in [1.807, 2.05) is 20.8 Å². The van der Waals surface area contributed by atoms with Crippen molar-refractivity contribution < 1.29 is 9.59 Å². The number of ketones is 2. The smallest absolute Gasteiger partial charge is 0.176 e. The predicted molar refractivity (Wildman–Crippen MR) is 67.0 cm³/mol. The predicted octanol–water partition coefficient (Wildman–Crippen LogP) is 3.13. The molecule has 1 aliphatic rings. The van der Waals surface area contributed by atoms with Crippen LogP contribution in [0.15, 0.2) is 29.4 Å². The molecule has 0 spiro atoms. The van der Waals surface area contributed by atoms with Gasteiger partial charge >= 0.3 is 0 Å². The van der Waals surface area contributed by atoms with Crippen LogP contribution in [0.3, 0.4) is 0 Å². The maximum Gasteiger partial charge on any atom is 0.176 e. The fourth-order valence-electron chi connectivity index (χ4n) is 2.42. The van der Waals surface area contributed by atoms with Gasteiger partial charge in [0, 0.05) is 11.1 Å². The molecular weight excluding hydrogens is 228 g/mol.